The number of fused-ring (bicyclic) bond motifs is 1. The minimum atomic E-state index is -4.44. The van der Waals surface area contributed by atoms with Crippen LogP contribution in [-0.4, -0.2) is 17.6 Å². The second-order valence-corrected chi connectivity index (χ2v) is 5.32. The third kappa shape index (κ3) is 2.30. The normalized spacial score (nSPS) is 16.7. The number of anilines is 1. The molecule has 0 unspecified atom stereocenters. The van der Waals surface area contributed by atoms with E-state index in [0.29, 0.717) is 0 Å². The van der Waals surface area contributed by atoms with Crippen LogP contribution in [0.1, 0.15) is 23.2 Å². The Morgan fingerprint density at radius 3 is 2.24 bits per heavy atom. The van der Waals surface area contributed by atoms with Crippen molar-refractivity contribution in [1.82, 2.24) is 5.32 Å². The van der Waals surface area contributed by atoms with E-state index in [1.165, 1.54) is 6.07 Å². The summed E-state index contributed by atoms with van der Waals surface area (Å²) in [5.41, 5.74) is 3.96. The summed E-state index contributed by atoms with van der Waals surface area (Å²) >= 11 is 0. The van der Waals surface area contributed by atoms with Gasteiger partial charge in [-0.1, -0.05) is 24.3 Å². The molecule has 6 heteroatoms. The van der Waals surface area contributed by atoms with Gasteiger partial charge in [-0.25, -0.2) is 0 Å². The molecule has 2 aromatic rings. The highest BCUT2D eigenvalue weighted by Gasteiger charge is 2.64. The molecule has 1 saturated carbocycles. The fourth-order valence-corrected chi connectivity index (χ4v) is 2.34. The average Bonchev–Trinajstić information content (AvgIpc) is 3.18. The van der Waals surface area contributed by atoms with E-state index in [0.717, 1.165) is 10.8 Å². The van der Waals surface area contributed by atoms with E-state index in [4.69, 9.17) is 5.73 Å². The summed E-state index contributed by atoms with van der Waals surface area (Å²) in [7, 11) is 0. The van der Waals surface area contributed by atoms with E-state index in [9.17, 15) is 18.0 Å². The SMILES string of the molecule is Nc1cc2ccccc2cc1C(=O)NC1(C(F)(F)F)CC1. The summed E-state index contributed by atoms with van der Waals surface area (Å²) in [6, 6.07) is 10.3. The first-order valence-electron chi connectivity index (χ1n) is 6.50. The molecule has 0 aromatic heterocycles. The number of nitrogens with one attached hydrogen (secondary N) is 1. The molecule has 0 bridgehead atoms. The van der Waals surface area contributed by atoms with Crippen molar-refractivity contribution in [2.45, 2.75) is 24.6 Å². The van der Waals surface area contributed by atoms with Gasteiger partial charge in [-0.05, 0) is 35.7 Å². The quantitative estimate of drug-likeness (QED) is 0.835. The first-order valence-corrected chi connectivity index (χ1v) is 6.50. The Kier molecular flexibility index (Phi) is 2.86. The van der Waals surface area contributed by atoms with Crippen LogP contribution < -0.4 is 11.1 Å². The zero-order valence-electron chi connectivity index (χ0n) is 11.0. The van der Waals surface area contributed by atoms with Crippen LogP contribution in [0.15, 0.2) is 36.4 Å². The van der Waals surface area contributed by atoms with E-state index in [1.807, 2.05) is 12.1 Å². The highest BCUT2D eigenvalue weighted by Crippen LogP contribution is 2.49. The first-order chi connectivity index (χ1) is 9.82. The van der Waals surface area contributed by atoms with Crippen molar-refractivity contribution in [3.63, 3.8) is 0 Å². The Morgan fingerprint density at radius 2 is 1.71 bits per heavy atom. The van der Waals surface area contributed by atoms with Crippen LogP contribution in [0.5, 0.6) is 0 Å². The molecule has 0 atom stereocenters. The Balaban J connectivity index is 1.93. The van der Waals surface area contributed by atoms with Gasteiger partial charge in [-0.3, -0.25) is 4.79 Å². The molecule has 3 nitrogen and oxygen atoms in total. The summed E-state index contributed by atoms with van der Waals surface area (Å²) in [6.45, 7) is 0. The molecule has 0 radical (unpaired) electrons. The minimum absolute atomic E-state index is 0.0734. The number of benzene rings is 2. The lowest BCUT2D eigenvalue weighted by atomic mass is 10.0. The Labute approximate surface area is 118 Å². The maximum Gasteiger partial charge on any atom is 0.411 e. The zero-order chi connectivity index (χ0) is 15.3. The van der Waals surface area contributed by atoms with E-state index in [-0.39, 0.29) is 24.1 Å². The number of hydrogen-bond acceptors (Lipinski definition) is 2. The molecule has 3 N–H and O–H groups in total. The van der Waals surface area contributed by atoms with Crippen LogP contribution in [0.4, 0.5) is 18.9 Å². The van der Waals surface area contributed by atoms with Crippen molar-refractivity contribution in [3.8, 4) is 0 Å². The van der Waals surface area contributed by atoms with Gasteiger partial charge in [-0.2, -0.15) is 13.2 Å². The topological polar surface area (TPSA) is 55.1 Å². The molecule has 3 rings (SSSR count). The Hall–Kier alpha value is -2.24. The molecule has 0 aliphatic heterocycles. The van der Waals surface area contributed by atoms with Gasteiger partial charge in [0.25, 0.3) is 5.91 Å². The number of nitrogen functional groups attached to an aromatic ring is 1. The van der Waals surface area contributed by atoms with Crippen molar-refractivity contribution in [1.29, 1.82) is 0 Å². The van der Waals surface area contributed by atoms with Gasteiger partial charge in [0.2, 0.25) is 0 Å². The number of carbonyl (C=O) groups is 1. The van der Waals surface area contributed by atoms with Gasteiger partial charge in [0, 0.05) is 5.69 Å². The number of halogens is 3. The zero-order valence-corrected chi connectivity index (χ0v) is 11.0. The molecule has 110 valence electrons. The molecule has 1 aliphatic carbocycles. The van der Waals surface area contributed by atoms with Crippen molar-refractivity contribution < 1.29 is 18.0 Å². The first kappa shape index (κ1) is 13.7. The molecule has 21 heavy (non-hydrogen) atoms. The number of amides is 1. The lowest BCUT2D eigenvalue weighted by Crippen LogP contribution is -2.48. The fourth-order valence-electron chi connectivity index (χ4n) is 2.34. The maximum absolute atomic E-state index is 12.9. The summed E-state index contributed by atoms with van der Waals surface area (Å²) < 4.78 is 38.6. The van der Waals surface area contributed by atoms with Crippen LogP contribution in [0, 0.1) is 0 Å². The van der Waals surface area contributed by atoms with Gasteiger partial charge in [-0.15, -0.1) is 0 Å². The average molecular weight is 294 g/mol. The monoisotopic (exact) mass is 294 g/mol. The maximum atomic E-state index is 12.9. The largest absolute Gasteiger partial charge is 0.411 e. The molecule has 2 aromatic carbocycles. The van der Waals surface area contributed by atoms with E-state index < -0.39 is 17.6 Å². The van der Waals surface area contributed by atoms with Crippen molar-refractivity contribution >= 4 is 22.4 Å². The lowest BCUT2D eigenvalue weighted by Gasteiger charge is -2.21. The molecule has 1 aliphatic rings. The second-order valence-electron chi connectivity index (χ2n) is 5.32. The van der Waals surface area contributed by atoms with Crippen LogP contribution in [-0.2, 0) is 0 Å². The standard InChI is InChI=1S/C15H13F3N2O/c16-15(17,18)14(5-6-14)20-13(21)11-7-9-3-1-2-4-10(9)8-12(11)19/h1-4,7-8H,5-6,19H2,(H,20,21). The molecule has 1 fully saturated rings. The van der Waals surface area contributed by atoms with Gasteiger partial charge in [0.15, 0.2) is 0 Å². The summed E-state index contributed by atoms with van der Waals surface area (Å²) in [5, 5.41) is 3.68. The van der Waals surface area contributed by atoms with Gasteiger partial charge in [0.05, 0.1) is 5.56 Å². The number of rotatable bonds is 2. The molecule has 0 saturated heterocycles. The smallest absolute Gasteiger partial charge is 0.398 e. The van der Waals surface area contributed by atoms with E-state index in [1.54, 1.807) is 18.2 Å². The van der Waals surface area contributed by atoms with Gasteiger partial charge < -0.3 is 11.1 Å². The van der Waals surface area contributed by atoms with E-state index in [2.05, 4.69) is 5.32 Å². The number of carbonyl (C=O) groups excluding carboxylic acids is 1. The van der Waals surface area contributed by atoms with Crippen molar-refractivity contribution in [2.75, 3.05) is 5.73 Å². The molecule has 0 spiro atoms. The van der Waals surface area contributed by atoms with Crippen LogP contribution in [0.25, 0.3) is 10.8 Å². The molecule has 1 amide bonds. The number of nitrogens with two attached hydrogens (primary N) is 1. The lowest BCUT2D eigenvalue weighted by molar-refractivity contribution is -0.163. The van der Waals surface area contributed by atoms with Crippen LogP contribution in [0.3, 0.4) is 0 Å². The third-order valence-electron chi connectivity index (χ3n) is 3.81. The highest BCUT2D eigenvalue weighted by atomic mass is 19.4. The molecular formula is C15H13F3N2O. The minimum Gasteiger partial charge on any atom is -0.398 e. The summed E-state index contributed by atoms with van der Waals surface area (Å²) in [6.07, 6.45) is -4.61. The summed E-state index contributed by atoms with van der Waals surface area (Å²) in [4.78, 5) is 12.1. The number of hydrogen-bond donors (Lipinski definition) is 2. The van der Waals surface area contributed by atoms with Crippen LogP contribution in [0.2, 0.25) is 0 Å². The highest BCUT2D eigenvalue weighted by molar-refractivity contribution is 6.04. The Morgan fingerprint density at radius 1 is 1.14 bits per heavy atom. The Bertz CT molecular complexity index is 720. The van der Waals surface area contributed by atoms with Crippen molar-refractivity contribution in [3.05, 3.63) is 42.0 Å². The molecule has 0 heterocycles. The third-order valence-corrected chi connectivity index (χ3v) is 3.81. The van der Waals surface area contributed by atoms with Gasteiger partial charge in [0.1, 0.15) is 5.54 Å². The number of alkyl halides is 3. The predicted octanol–water partition coefficient (Wildman–Crippen LogP) is 3.25. The van der Waals surface area contributed by atoms with Gasteiger partial charge >= 0.3 is 6.18 Å². The fraction of sp³-hybridized carbons (Fsp3) is 0.267. The summed E-state index contributed by atoms with van der Waals surface area (Å²) in [5.74, 6) is -0.784. The molecular weight excluding hydrogens is 281 g/mol. The van der Waals surface area contributed by atoms with Crippen molar-refractivity contribution in [2.24, 2.45) is 0 Å². The van der Waals surface area contributed by atoms with E-state index >= 15 is 0 Å². The second kappa shape index (κ2) is 4.38. The predicted molar refractivity (Wildman–Crippen MR) is 73.8 cm³/mol. The van der Waals surface area contributed by atoms with Crippen LogP contribution >= 0.6 is 0 Å².